The highest BCUT2D eigenvalue weighted by Gasteiger charge is 2.49. The van der Waals surface area contributed by atoms with Crippen LogP contribution in [0.3, 0.4) is 0 Å². The van der Waals surface area contributed by atoms with Crippen molar-refractivity contribution in [2.24, 2.45) is 0 Å². The molecule has 2 aliphatic heterocycles. The van der Waals surface area contributed by atoms with Crippen molar-refractivity contribution in [3.63, 3.8) is 0 Å². The van der Waals surface area contributed by atoms with E-state index in [1.54, 1.807) is 12.1 Å². The summed E-state index contributed by atoms with van der Waals surface area (Å²) in [5.41, 5.74) is 4.46. The van der Waals surface area contributed by atoms with Crippen LogP contribution in [0.1, 0.15) is 60.3 Å². The first-order chi connectivity index (χ1) is 18.0. The summed E-state index contributed by atoms with van der Waals surface area (Å²) in [6, 6.07) is 22.8. The Bertz CT molecular complexity index is 1340. The highest BCUT2D eigenvalue weighted by Crippen LogP contribution is 2.46. The lowest BCUT2D eigenvalue weighted by molar-refractivity contribution is -0.0891. The third-order valence-corrected chi connectivity index (χ3v) is 8.41. The van der Waals surface area contributed by atoms with Crippen molar-refractivity contribution in [2.75, 3.05) is 6.61 Å². The average molecular weight is 497 g/mol. The molecular formula is C31H29FN2O3. The van der Waals surface area contributed by atoms with Crippen molar-refractivity contribution in [1.29, 1.82) is 5.26 Å². The molecule has 37 heavy (non-hydrogen) atoms. The number of benzene rings is 3. The number of carbonyl (C=O) groups is 1. The van der Waals surface area contributed by atoms with Crippen LogP contribution in [-0.4, -0.2) is 34.8 Å². The number of fused-ring (bicyclic) bond motifs is 5. The monoisotopic (exact) mass is 496 g/mol. The van der Waals surface area contributed by atoms with Crippen molar-refractivity contribution in [3.05, 3.63) is 94.8 Å². The molecule has 2 unspecified atom stereocenters. The molecule has 1 amide bonds. The molecule has 2 heterocycles. The van der Waals surface area contributed by atoms with Crippen molar-refractivity contribution < 1.29 is 19.0 Å². The second-order valence-electron chi connectivity index (χ2n) is 10.5. The highest BCUT2D eigenvalue weighted by molar-refractivity contribution is 5.79. The van der Waals surface area contributed by atoms with Crippen LogP contribution in [0.2, 0.25) is 0 Å². The summed E-state index contributed by atoms with van der Waals surface area (Å²) < 4.78 is 20.1. The first kappa shape index (κ1) is 23.7. The number of rotatable bonds is 4. The van der Waals surface area contributed by atoms with Gasteiger partial charge >= 0.3 is 6.09 Å². The van der Waals surface area contributed by atoms with E-state index >= 15 is 0 Å². The number of halogens is 1. The lowest BCUT2D eigenvalue weighted by Crippen LogP contribution is -2.59. The van der Waals surface area contributed by atoms with Crippen LogP contribution in [0.5, 0.6) is 0 Å². The van der Waals surface area contributed by atoms with E-state index < -0.39 is 11.4 Å². The van der Waals surface area contributed by atoms with Gasteiger partial charge in [0.15, 0.2) is 0 Å². The number of ether oxygens (including phenoxy) is 1. The Labute approximate surface area is 216 Å². The minimum absolute atomic E-state index is 0.00400. The summed E-state index contributed by atoms with van der Waals surface area (Å²) in [5, 5.41) is 20.7. The van der Waals surface area contributed by atoms with E-state index in [0.717, 1.165) is 19.3 Å². The maximum absolute atomic E-state index is 14.1. The fraction of sp³-hybridized carbons (Fsp3) is 0.355. The number of hydrogen-bond donors (Lipinski definition) is 1. The molecule has 2 bridgehead atoms. The molecule has 5 nitrogen and oxygen atoms in total. The van der Waals surface area contributed by atoms with E-state index in [-0.39, 0.29) is 42.7 Å². The van der Waals surface area contributed by atoms with Crippen LogP contribution < -0.4 is 0 Å². The molecule has 3 aromatic rings. The van der Waals surface area contributed by atoms with Gasteiger partial charge in [0.1, 0.15) is 12.4 Å². The van der Waals surface area contributed by atoms with E-state index in [2.05, 4.69) is 24.3 Å². The van der Waals surface area contributed by atoms with E-state index in [1.165, 1.54) is 28.3 Å². The van der Waals surface area contributed by atoms with Gasteiger partial charge in [0.25, 0.3) is 0 Å². The molecular weight excluding hydrogens is 467 g/mol. The van der Waals surface area contributed by atoms with E-state index in [0.29, 0.717) is 18.4 Å². The lowest BCUT2D eigenvalue weighted by Gasteiger charge is -2.51. The third kappa shape index (κ3) is 4.08. The van der Waals surface area contributed by atoms with Gasteiger partial charge in [0.05, 0.1) is 18.1 Å². The summed E-state index contributed by atoms with van der Waals surface area (Å²) in [7, 11) is 0. The predicted octanol–water partition coefficient (Wildman–Crippen LogP) is 6.05. The molecule has 0 spiro atoms. The lowest BCUT2D eigenvalue weighted by atomic mass is 9.72. The Morgan fingerprint density at radius 3 is 2.27 bits per heavy atom. The molecule has 0 radical (unpaired) electrons. The van der Waals surface area contributed by atoms with Gasteiger partial charge in [-0.2, -0.15) is 5.26 Å². The zero-order valence-corrected chi connectivity index (χ0v) is 20.6. The van der Waals surface area contributed by atoms with Crippen molar-refractivity contribution >= 4 is 6.09 Å². The topological polar surface area (TPSA) is 73.6 Å². The number of carbonyl (C=O) groups excluding carboxylic acids is 1. The van der Waals surface area contributed by atoms with E-state index in [9.17, 15) is 14.3 Å². The normalized spacial score (nSPS) is 24.2. The SMILES string of the molecule is N#CCc1cc(C2(O)CC3CCCC(C2)N3C(=O)OCC2c3ccccc3-c3ccccc32)ccc1F. The van der Waals surface area contributed by atoms with Crippen LogP contribution in [0.15, 0.2) is 66.7 Å². The number of piperidine rings is 2. The third-order valence-electron chi connectivity index (χ3n) is 8.41. The first-order valence-corrected chi connectivity index (χ1v) is 13.0. The molecule has 1 aliphatic carbocycles. The first-order valence-electron chi connectivity index (χ1n) is 13.0. The Balaban J connectivity index is 1.20. The Morgan fingerprint density at radius 2 is 1.65 bits per heavy atom. The summed E-state index contributed by atoms with van der Waals surface area (Å²) in [6.45, 7) is 0.266. The fourth-order valence-corrected chi connectivity index (χ4v) is 6.72. The van der Waals surface area contributed by atoms with Gasteiger partial charge < -0.3 is 14.7 Å². The van der Waals surface area contributed by atoms with Gasteiger partial charge in [-0.15, -0.1) is 0 Å². The van der Waals surface area contributed by atoms with Crippen molar-refractivity contribution in [1.82, 2.24) is 4.90 Å². The fourth-order valence-electron chi connectivity index (χ4n) is 6.72. The van der Waals surface area contributed by atoms with Gasteiger partial charge in [0.2, 0.25) is 0 Å². The molecule has 3 aromatic carbocycles. The van der Waals surface area contributed by atoms with Crippen LogP contribution >= 0.6 is 0 Å². The molecule has 2 saturated heterocycles. The maximum atomic E-state index is 14.1. The zero-order chi connectivity index (χ0) is 25.6. The summed E-state index contributed by atoms with van der Waals surface area (Å²) in [5.74, 6) is -0.444. The quantitative estimate of drug-likeness (QED) is 0.478. The predicted molar refractivity (Wildman–Crippen MR) is 137 cm³/mol. The Hall–Kier alpha value is -3.69. The summed E-state index contributed by atoms with van der Waals surface area (Å²) in [4.78, 5) is 15.3. The molecule has 6 heteroatoms. The second-order valence-corrected chi connectivity index (χ2v) is 10.5. The number of aliphatic hydroxyl groups is 1. The molecule has 6 rings (SSSR count). The van der Waals surface area contributed by atoms with Gasteiger partial charge in [-0.05, 0) is 59.2 Å². The number of nitrogens with zero attached hydrogens (tertiary/aromatic N) is 2. The largest absolute Gasteiger partial charge is 0.448 e. The van der Waals surface area contributed by atoms with Crippen LogP contribution in [0.25, 0.3) is 11.1 Å². The van der Waals surface area contributed by atoms with E-state index in [1.807, 2.05) is 35.2 Å². The zero-order valence-electron chi connectivity index (χ0n) is 20.6. The molecule has 0 saturated carbocycles. The minimum atomic E-state index is -1.17. The van der Waals surface area contributed by atoms with Crippen molar-refractivity contribution in [3.8, 4) is 17.2 Å². The number of amides is 1. The Morgan fingerprint density at radius 1 is 1.03 bits per heavy atom. The van der Waals surface area contributed by atoms with Gasteiger partial charge in [-0.3, -0.25) is 0 Å². The summed E-state index contributed by atoms with van der Waals surface area (Å²) >= 11 is 0. The van der Waals surface area contributed by atoms with E-state index in [4.69, 9.17) is 10.00 Å². The average Bonchev–Trinajstić information content (AvgIpc) is 3.22. The minimum Gasteiger partial charge on any atom is -0.448 e. The smallest absolute Gasteiger partial charge is 0.410 e. The van der Waals surface area contributed by atoms with Gasteiger partial charge in [0, 0.05) is 36.4 Å². The standard InChI is InChI=1S/C31H29FN2O3/c32-29-13-12-21(16-20(29)14-15-33)31(36)17-22-6-5-7-23(18-31)34(22)30(35)37-19-28-26-10-3-1-8-24(26)25-9-2-4-11-27(25)28/h1-4,8-13,16,22-23,28,36H,5-7,14,17-19H2. The highest BCUT2D eigenvalue weighted by atomic mass is 19.1. The summed E-state index contributed by atoms with van der Waals surface area (Å²) in [6.07, 6.45) is 2.92. The molecule has 3 aliphatic rings. The van der Waals surface area contributed by atoms with Crippen molar-refractivity contribution in [2.45, 2.75) is 62.1 Å². The number of hydrogen-bond acceptors (Lipinski definition) is 4. The second kappa shape index (κ2) is 9.32. The van der Waals surface area contributed by atoms with Gasteiger partial charge in [-0.25, -0.2) is 9.18 Å². The van der Waals surface area contributed by atoms with Crippen LogP contribution in [0.4, 0.5) is 9.18 Å². The van der Waals surface area contributed by atoms with Gasteiger partial charge in [-0.1, -0.05) is 54.6 Å². The Kier molecular flexibility index (Phi) is 5.97. The molecule has 188 valence electrons. The molecule has 1 N–H and O–H groups in total. The molecule has 2 fully saturated rings. The molecule has 2 atom stereocenters. The van der Waals surface area contributed by atoms with Crippen LogP contribution in [-0.2, 0) is 16.8 Å². The number of nitriles is 1. The van der Waals surface area contributed by atoms with Crippen LogP contribution in [0, 0.1) is 17.1 Å². The molecule has 0 aromatic heterocycles. The maximum Gasteiger partial charge on any atom is 0.410 e.